The van der Waals surface area contributed by atoms with E-state index in [1.807, 2.05) is 18.2 Å². The molecule has 0 aromatic heterocycles. The molecule has 3 heteroatoms. The van der Waals surface area contributed by atoms with Gasteiger partial charge in [0.05, 0.1) is 0 Å². The van der Waals surface area contributed by atoms with Gasteiger partial charge in [-0.3, -0.25) is 0 Å². The summed E-state index contributed by atoms with van der Waals surface area (Å²) in [6, 6.07) is 6.50. The van der Waals surface area contributed by atoms with Gasteiger partial charge in [-0.15, -0.1) is 6.58 Å². The van der Waals surface area contributed by atoms with Crippen LogP contribution in [0.3, 0.4) is 0 Å². The molecule has 0 amide bonds. The largest absolute Gasteiger partial charge is 0.488 e. The van der Waals surface area contributed by atoms with E-state index in [1.165, 1.54) is 5.56 Å². The van der Waals surface area contributed by atoms with E-state index in [0.717, 1.165) is 23.2 Å². The van der Waals surface area contributed by atoms with Crippen LogP contribution in [0.25, 0.3) is 0 Å². The van der Waals surface area contributed by atoms with Crippen molar-refractivity contribution in [3.8, 4) is 5.75 Å². The van der Waals surface area contributed by atoms with Crippen LogP contribution in [0.15, 0.2) is 35.3 Å². The lowest BCUT2D eigenvalue weighted by atomic mass is 10.1. The van der Waals surface area contributed by atoms with Gasteiger partial charge in [0, 0.05) is 23.5 Å². The number of nitrogens with one attached hydrogen (secondary N) is 1. The van der Waals surface area contributed by atoms with Crippen LogP contribution in [0.5, 0.6) is 5.75 Å². The molecule has 2 unspecified atom stereocenters. The molecule has 1 aliphatic heterocycles. The summed E-state index contributed by atoms with van der Waals surface area (Å²) >= 11 is 3.47. The molecular formula is C13H16BrNO. The molecule has 0 saturated carbocycles. The van der Waals surface area contributed by atoms with Gasteiger partial charge >= 0.3 is 0 Å². The summed E-state index contributed by atoms with van der Waals surface area (Å²) in [6.07, 6.45) is 3.12. The molecule has 0 radical (unpaired) electrons. The van der Waals surface area contributed by atoms with Crippen molar-refractivity contribution >= 4 is 15.9 Å². The van der Waals surface area contributed by atoms with Crippen molar-refractivity contribution in [1.29, 1.82) is 0 Å². The second-order valence-electron chi connectivity index (χ2n) is 4.13. The Kier molecular flexibility index (Phi) is 3.66. The normalized spacial score (nSPS) is 20.0. The zero-order chi connectivity index (χ0) is 11.5. The standard InChI is InChI=1S/C13H16BrNO/c1-3-9(2)15-8-12-7-10-6-11(14)4-5-13(10)16-12/h3-6,9,12,15H,1,7-8H2,2H3. The van der Waals surface area contributed by atoms with Gasteiger partial charge < -0.3 is 10.1 Å². The van der Waals surface area contributed by atoms with Gasteiger partial charge in [-0.25, -0.2) is 0 Å². The van der Waals surface area contributed by atoms with Crippen LogP contribution >= 0.6 is 15.9 Å². The molecule has 2 nitrogen and oxygen atoms in total. The Morgan fingerprint density at radius 2 is 2.50 bits per heavy atom. The van der Waals surface area contributed by atoms with Crippen LogP contribution in [0, 0.1) is 0 Å². The monoisotopic (exact) mass is 281 g/mol. The first-order chi connectivity index (χ1) is 7.69. The third-order valence-electron chi connectivity index (χ3n) is 2.78. The fraction of sp³-hybridized carbons (Fsp3) is 0.385. The molecule has 0 saturated heterocycles. The zero-order valence-electron chi connectivity index (χ0n) is 9.37. The third-order valence-corrected chi connectivity index (χ3v) is 3.28. The molecule has 0 fully saturated rings. The maximum atomic E-state index is 5.84. The van der Waals surface area contributed by atoms with Gasteiger partial charge in [-0.05, 0) is 30.7 Å². The summed E-state index contributed by atoms with van der Waals surface area (Å²) in [5.74, 6) is 1.02. The summed E-state index contributed by atoms with van der Waals surface area (Å²) in [4.78, 5) is 0. The van der Waals surface area contributed by atoms with Crippen LogP contribution in [-0.4, -0.2) is 18.7 Å². The fourth-order valence-corrected chi connectivity index (χ4v) is 2.21. The maximum Gasteiger partial charge on any atom is 0.123 e. The Hall–Kier alpha value is -0.800. The number of ether oxygens (including phenoxy) is 1. The molecule has 0 spiro atoms. The molecule has 1 aromatic rings. The topological polar surface area (TPSA) is 21.3 Å². The Morgan fingerprint density at radius 3 is 3.25 bits per heavy atom. The van der Waals surface area contributed by atoms with Crippen molar-refractivity contribution in [2.24, 2.45) is 0 Å². The fourth-order valence-electron chi connectivity index (χ4n) is 1.80. The highest BCUT2D eigenvalue weighted by Crippen LogP contribution is 2.30. The molecular weight excluding hydrogens is 266 g/mol. The average Bonchev–Trinajstić information content (AvgIpc) is 2.67. The van der Waals surface area contributed by atoms with Crippen LogP contribution < -0.4 is 10.1 Å². The lowest BCUT2D eigenvalue weighted by Crippen LogP contribution is -2.34. The van der Waals surface area contributed by atoms with Crippen molar-refractivity contribution in [1.82, 2.24) is 5.32 Å². The molecule has 0 bridgehead atoms. The molecule has 86 valence electrons. The predicted molar refractivity (Wildman–Crippen MR) is 69.9 cm³/mol. The Morgan fingerprint density at radius 1 is 1.69 bits per heavy atom. The second kappa shape index (κ2) is 5.02. The molecule has 2 rings (SSSR count). The molecule has 2 atom stereocenters. The maximum absolute atomic E-state index is 5.84. The summed E-state index contributed by atoms with van der Waals surface area (Å²) < 4.78 is 6.95. The summed E-state index contributed by atoms with van der Waals surface area (Å²) in [5.41, 5.74) is 1.28. The van der Waals surface area contributed by atoms with E-state index in [9.17, 15) is 0 Å². The van der Waals surface area contributed by atoms with E-state index >= 15 is 0 Å². The van der Waals surface area contributed by atoms with Gasteiger partial charge in [-0.1, -0.05) is 22.0 Å². The molecule has 1 aliphatic rings. The minimum atomic E-state index is 0.242. The van der Waals surface area contributed by atoms with Gasteiger partial charge in [-0.2, -0.15) is 0 Å². The number of benzene rings is 1. The van der Waals surface area contributed by atoms with E-state index < -0.39 is 0 Å². The first kappa shape index (κ1) is 11.7. The van der Waals surface area contributed by atoms with Crippen molar-refractivity contribution in [2.45, 2.75) is 25.5 Å². The third kappa shape index (κ3) is 2.66. The first-order valence-electron chi connectivity index (χ1n) is 5.50. The van der Waals surface area contributed by atoms with E-state index in [2.05, 4.69) is 40.8 Å². The van der Waals surface area contributed by atoms with E-state index in [1.54, 1.807) is 0 Å². The number of hydrogen-bond acceptors (Lipinski definition) is 2. The highest BCUT2D eigenvalue weighted by molar-refractivity contribution is 9.10. The van der Waals surface area contributed by atoms with E-state index in [-0.39, 0.29) is 6.10 Å². The van der Waals surface area contributed by atoms with Crippen LogP contribution in [-0.2, 0) is 6.42 Å². The summed E-state index contributed by atoms with van der Waals surface area (Å²) in [5, 5.41) is 3.37. The molecule has 1 N–H and O–H groups in total. The first-order valence-corrected chi connectivity index (χ1v) is 6.29. The van der Waals surface area contributed by atoms with Gasteiger partial charge in [0.2, 0.25) is 0 Å². The highest BCUT2D eigenvalue weighted by Gasteiger charge is 2.22. The second-order valence-corrected chi connectivity index (χ2v) is 5.04. The van der Waals surface area contributed by atoms with E-state index in [0.29, 0.717) is 6.04 Å². The van der Waals surface area contributed by atoms with Gasteiger partial charge in [0.25, 0.3) is 0 Å². The average molecular weight is 282 g/mol. The molecule has 1 aromatic carbocycles. The SMILES string of the molecule is C=CC(C)NCC1Cc2cc(Br)ccc2O1. The van der Waals surface area contributed by atoms with Gasteiger partial charge in [0.15, 0.2) is 0 Å². The number of halogens is 1. The number of fused-ring (bicyclic) bond motifs is 1. The highest BCUT2D eigenvalue weighted by atomic mass is 79.9. The van der Waals surface area contributed by atoms with Crippen LogP contribution in [0.2, 0.25) is 0 Å². The molecule has 0 aliphatic carbocycles. The summed E-state index contributed by atoms with van der Waals surface area (Å²) in [7, 11) is 0. The number of hydrogen-bond donors (Lipinski definition) is 1. The number of rotatable bonds is 4. The minimum Gasteiger partial charge on any atom is -0.488 e. The van der Waals surface area contributed by atoms with E-state index in [4.69, 9.17) is 4.74 Å². The lowest BCUT2D eigenvalue weighted by Gasteiger charge is -2.14. The van der Waals surface area contributed by atoms with Crippen molar-refractivity contribution < 1.29 is 4.74 Å². The van der Waals surface area contributed by atoms with Crippen molar-refractivity contribution in [2.75, 3.05) is 6.54 Å². The smallest absolute Gasteiger partial charge is 0.123 e. The van der Waals surface area contributed by atoms with Crippen molar-refractivity contribution in [3.63, 3.8) is 0 Å². The minimum absolute atomic E-state index is 0.242. The quantitative estimate of drug-likeness (QED) is 0.857. The van der Waals surface area contributed by atoms with Crippen molar-refractivity contribution in [3.05, 3.63) is 40.9 Å². The van der Waals surface area contributed by atoms with Crippen LogP contribution in [0.4, 0.5) is 0 Å². The zero-order valence-corrected chi connectivity index (χ0v) is 11.0. The molecule has 1 heterocycles. The molecule has 16 heavy (non-hydrogen) atoms. The van der Waals surface area contributed by atoms with Gasteiger partial charge in [0.1, 0.15) is 11.9 Å². The Bertz CT molecular complexity index is 392. The summed E-state index contributed by atoms with van der Waals surface area (Å²) in [6.45, 7) is 6.70. The predicted octanol–water partition coefficient (Wildman–Crippen LogP) is 2.92. The lowest BCUT2D eigenvalue weighted by molar-refractivity contribution is 0.225. The van der Waals surface area contributed by atoms with Crippen LogP contribution in [0.1, 0.15) is 12.5 Å². The Labute approximate surface area is 105 Å². The Balaban J connectivity index is 1.93.